The fourth-order valence-electron chi connectivity index (χ4n) is 2.26. The van der Waals surface area contributed by atoms with Crippen molar-refractivity contribution in [2.45, 2.75) is 12.3 Å². The summed E-state index contributed by atoms with van der Waals surface area (Å²) in [6.07, 6.45) is -4.44. The maximum atomic E-state index is 13.3. The van der Waals surface area contributed by atoms with Gasteiger partial charge in [-0.05, 0) is 23.8 Å². The van der Waals surface area contributed by atoms with Crippen molar-refractivity contribution in [2.75, 3.05) is 11.9 Å². The van der Waals surface area contributed by atoms with E-state index in [0.29, 0.717) is 17.1 Å². The molecule has 1 heterocycles. The summed E-state index contributed by atoms with van der Waals surface area (Å²) in [5, 5.41) is 20.3. The van der Waals surface area contributed by atoms with Gasteiger partial charge in [0.15, 0.2) is 11.6 Å². The predicted octanol–water partition coefficient (Wildman–Crippen LogP) is 4.20. The summed E-state index contributed by atoms with van der Waals surface area (Å²) < 4.78 is 58.1. The van der Waals surface area contributed by atoms with Crippen LogP contribution in [0.3, 0.4) is 0 Å². The second kappa shape index (κ2) is 10.4. The van der Waals surface area contributed by atoms with Gasteiger partial charge in [0, 0.05) is 18.2 Å². The molecule has 3 rings (SSSR count). The van der Waals surface area contributed by atoms with Gasteiger partial charge in [-0.15, -0.1) is 0 Å². The molecule has 2 aromatic carbocycles. The van der Waals surface area contributed by atoms with E-state index in [2.05, 4.69) is 15.3 Å². The number of aliphatic hydroxyl groups excluding tert-OH is 1. The Labute approximate surface area is 173 Å². The van der Waals surface area contributed by atoms with Crippen molar-refractivity contribution in [3.8, 4) is 11.3 Å². The molecule has 0 aliphatic carbocycles. The van der Waals surface area contributed by atoms with E-state index in [9.17, 15) is 27.1 Å². The van der Waals surface area contributed by atoms with Crippen molar-refractivity contribution in [3.63, 3.8) is 0 Å². The lowest BCUT2D eigenvalue weighted by Gasteiger charge is -2.13. The first-order chi connectivity index (χ1) is 14.6. The van der Waals surface area contributed by atoms with Gasteiger partial charge >= 0.3 is 12.1 Å². The molecule has 1 aromatic heterocycles. The molecule has 0 aliphatic heterocycles. The molecule has 3 N–H and O–H groups in total. The molecule has 1 atom stereocenters. The monoisotopic (exact) mass is 441 g/mol. The first kappa shape index (κ1) is 23.7. The molecule has 31 heavy (non-hydrogen) atoms. The maximum Gasteiger partial charge on any atom is 0.490 e. The number of rotatable bonds is 5. The van der Waals surface area contributed by atoms with E-state index in [0.717, 1.165) is 17.7 Å². The lowest BCUT2D eigenvalue weighted by molar-refractivity contribution is -0.192. The second-order valence-corrected chi connectivity index (χ2v) is 6.03. The Balaban J connectivity index is 0.000000423. The molecule has 0 amide bonds. The standard InChI is InChI=1S/C18H15F2N3O.C2HF3O2/c19-14-7-6-13(8-15(14)20)16-9-18(23-11-22-16)21-10-17(24)12-4-2-1-3-5-12;3-2(4,5)1(6)7/h1-9,11,17,24H,10H2,(H,21,22,23);(H,6,7)/t17-;/m0./s1. The normalized spacial score (nSPS) is 11.8. The van der Waals surface area contributed by atoms with Crippen LogP contribution in [0.4, 0.5) is 27.8 Å². The average Bonchev–Trinajstić information content (AvgIpc) is 2.74. The Kier molecular flexibility index (Phi) is 7.97. The van der Waals surface area contributed by atoms with Crippen molar-refractivity contribution in [1.29, 1.82) is 0 Å². The van der Waals surface area contributed by atoms with Crippen LogP contribution in [-0.2, 0) is 4.79 Å². The van der Waals surface area contributed by atoms with Gasteiger partial charge in [0.2, 0.25) is 0 Å². The van der Waals surface area contributed by atoms with Gasteiger partial charge in [0.1, 0.15) is 12.1 Å². The summed E-state index contributed by atoms with van der Waals surface area (Å²) in [4.78, 5) is 17.0. The minimum atomic E-state index is -5.08. The average molecular weight is 441 g/mol. The third kappa shape index (κ3) is 7.30. The van der Waals surface area contributed by atoms with Gasteiger partial charge in [0.05, 0.1) is 11.8 Å². The zero-order valence-corrected chi connectivity index (χ0v) is 15.6. The van der Waals surface area contributed by atoms with Crippen LogP contribution in [0.25, 0.3) is 11.3 Å². The third-order valence-corrected chi connectivity index (χ3v) is 3.79. The molecular formula is C20H16F5N3O3. The lowest BCUT2D eigenvalue weighted by atomic mass is 10.1. The number of nitrogens with one attached hydrogen (secondary N) is 1. The van der Waals surface area contributed by atoms with Gasteiger partial charge in [-0.1, -0.05) is 30.3 Å². The van der Waals surface area contributed by atoms with E-state index in [1.54, 1.807) is 6.07 Å². The minimum absolute atomic E-state index is 0.262. The van der Waals surface area contributed by atoms with E-state index in [4.69, 9.17) is 9.90 Å². The Bertz CT molecular complexity index is 1020. The third-order valence-electron chi connectivity index (χ3n) is 3.79. The summed E-state index contributed by atoms with van der Waals surface area (Å²) in [6, 6.07) is 14.4. The molecule has 0 spiro atoms. The molecule has 0 radical (unpaired) electrons. The fraction of sp³-hybridized carbons (Fsp3) is 0.150. The number of aliphatic hydroxyl groups is 1. The van der Waals surface area contributed by atoms with Crippen LogP contribution in [0.15, 0.2) is 60.9 Å². The highest BCUT2D eigenvalue weighted by atomic mass is 19.4. The number of hydrogen-bond donors (Lipinski definition) is 3. The Morgan fingerprint density at radius 2 is 1.65 bits per heavy atom. The van der Waals surface area contributed by atoms with Crippen LogP contribution in [-0.4, -0.2) is 38.9 Å². The number of carboxylic acids is 1. The number of nitrogens with zero attached hydrogens (tertiary/aromatic N) is 2. The molecule has 11 heteroatoms. The van der Waals surface area contributed by atoms with E-state index >= 15 is 0 Å². The Morgan fingerprint density at radius 1 is 1.00 bits per heavy atom. The molecule has 0 aliphatic rings. The topological polar surface area (TPSA) is 95.3 Å². The molecule has 6 nitrogen and oxygen atoms in total. The number of anilines is 1. The van der Waals surface area contributed by atoms with Gasteiger partial charge in [-0.3, -0.25) is 0 Å². The van der Waals surface area contributed by atoms with Crippen molar-refractivity contribution in [2.24, 2.45) is 0 Å². The summed E-state index contributed by atoms with van der Waals surface area (Å²) in [5.41, 5.74) is 1.70. The number of hydrogen-bond acceptors (Lipinski definition) is 5. The van der Waals surface area contributed by atoms with Gasteiger partial charge in [-0.25, -0.2) is 23.5 Å². The maximum absolute atomic E-state index is 13.3. The van der Waals surface area contributed by atoms with Crippen LogP contribution in [0, 0.1) is 11.6 Å². The van der Waals surface area contributed by atoms with E-state index in [1.165, 1.54) is 12.4 Å². The van der Waals surface area contributed by atoms with E-state index < -0.39 is 29.9 Å². The molecule has 0 fully saturated rings. The highest BCUT2D eigenvalue weighted by Crippen LogP contribution is 2.21. The van der Waals surface area contributed by atoms with Gasteiger partial charge in [-0.2, -0.15) is 13.2 Å². The number of aliphatic carboxylic acids is 1. The zero-order valence-electron chi connectivity index (χ0n) is 15.6. The largest absolute Gasteiger partial charge is 0.490 e. The molecule has 0 saturated carbocycles. The van der Waals surface area contributed by atoms with Gasteiger partial charge in [0.25, 0.3) is 0 Å². The SMILES string of the molecule is O=C(O)C(F)(F)F.O[C@@H](CNc1cc(-c2ccc(F)c(F)c2)ncn1)c1ccccc1. The van der Waals surface area contributed by atoms with E-state index in [1.807, 2.05) is 30.3 Å². The summed E-state index contributed by atoms with van der Waals surface area (Å²) in [5.74, 6) is -4.11. The smallest absolute Gasteiger partial charge is 0.475 e. The predicted molar refractivity (Wildman–Crippen MR) is 101 cm³/mol. The minimum Gasteiger partial charge on any atom is -0.475 e. The Morgan fingerprint density at radius 3 is 2.23 bits per heavy atom. The van der Waals surface area contributed by atoms with Crippen LogP contribution in [0.1, 0.15) is 11.7 Å². The molecule has 3 aromatic rings. The van der Waals surface area contributed by atoms with Crippen LogP contribution >= 0.6 is 0 Å². The summed E-state index contributed by atoms with van der Waals surface area (Å²) in [7, 11) is 0. The Hall–Kier alpha value is -3.60. The number of benzene rings is 2. The first-order valence-corrected chi connectivity index (χ1v) is 8.62. The molecule has 0 bridgehead atoms. The number of aromatic nitrogens is 2. The number of alkyl halides is 3. The lowest BCUT2D eigenvalue weighted by Crippen LogP contribution is -2.21. The number of carbonyl (C=O) groups is 1. The van der Waals surface area contributed by atoms with Crippen molar-refractivity contribution < 1.29 is 37.0 Å². The fourth-order valence-corrected chi connectivity index (χ4v) is 2.26. The number of halogens is 5. The second-order valence-electron chi connectivity index (χ2n) is 6.03. The van der Waals surface area contributed by atoms with Crippen LogP contribution < -0.4 is 5.32 Å². The van der Waals surface area contributed by atoms with Crippen molar-refractivity contribution in [3.05, 3.63) is 78.1 Å². The molecule has 0 saturated heterocycles. The highest BCUT2D eigenvalue weighted by molar-refractivity contribution is 5.73. The van der Waals surface area contributed by atoms with Crippen LogP contribution in [0.5, 0.6) is 0 Å². The highest BCUT2D eigenvalue weighted by Gasteiger charge is 2.38. The summed E-state index contributed by atoms with van der Waals surface area (Å²) in [6.45, 7) is 0.262. The molecule has 0 unspecified atom stereocenters. The van der Waals surface area contributed by atoms with Crippen molar-refractivity contribution >= 4 is 11.8 Å². The van der Waals surface area contributed by atoms with Gasteiger partial charge < -0.3 is 15.5 Å². The summed E-state index contributed by atoms with van der Waals surface area (Å²) >= 11 is 0. The first-order valence-electron chi connectivity index (χ1n) is 8.62. The van der Waals surface area contributed by atoms with E-state index in [-0.39, 0.29) is 6.54 Å². The van der Waals surface area contributed by atoms with Crippen molar-refractivity contribution in [1.82, 2.24) is 9.97 Å². The van der Waals surface area contributed by atoms with Crippen LogP contribution in [0.2, 0.25) is 0 Å². The zero-order chi connectivity index (χ0) is 23.0. The number of carboxylic acid groups (broad SMARTS) is 1. The molecular weight excluding hydrogens is 425 g/mol. The molecule has 164 valence electrons. The quantitative estimate of drug-likeness (QED) is 0.514.